The maximum atomic E-state index is 13.1. The zero-order chi connectivity index (χ0) is 20.3. The number of rotatable bonds is 6. The number of piperazine rings is 1. The number of nitrogens with zero attached hydrogens (tertiary/aromatic N) is 1. The maximum Gasteiger partial charge on any atom is 0.387 e. The Morgan fingerprint density at radius 1 is 1.07 bits per heavy atom. The van der Waals surface area contributed by atoms with Crippen LogP contribution in [0.4, 0.5) is 14.5 Å². The molecule has 0 aliphatic carbocycles. The number of likely N-dealkylation sites (N-methyl/N-ethyl adjacent to an activating group) is 1. The molecule has 1 saturated heterocycles. The molecule has 0 aromatic heterocycles. The molecule has 0 spiro atoms. The molecule has 1 fully saturated rings. The lowest BCUT2D eigenvalue weighted by Crippen LogP contribution is -3.12. The minimum atomic E-state index is -3.91. The molecule has 2 aromatic carbocycles. The molecule has 0 saturated carbocycles. The molecule has 29 heavy (non-hydrogen) atoms. The maximum absolute atomic E-state index is 13.1. The van der Waals surface area contributed by atoms with Crippen molar-refractivity contribution < 1.29 is 44.0 Å². The number of sulfone groups is 1. The third kappa shape index (κ3) is 5.29. The standard InChI is InChI=1S/C19H22F2N2O4S.ClH/c1-22-8-10-23(11-9-22)17-13-16(6-7-18(17)26-2)28(24,25)15-5-3-4-14(12-15)27-19(20)21;/h3-7,12-13,19H,8-11H2,1-2H3;1H. The largest absolute Gasteiger partial charge is 1.00 e. The van der Waals surface area contributed by atoms with E-state index in [1.807, 2.05) is 0 Å². The summed E-state index contributed by atoms with van der Waals surface area (Å²) >= 11 is 0. The van der Waals surface area contributed by atoms with Gasteiger partial charge in [-0.25, -0.2) is 8.42 Å². The summed E-state index contributed by atoms with van der Waals surface area (Å²) in [5.74, 6) is 0.389. The Morgan fingerprint density at radius 2 is 1.72 bits per heavy atom. The Labute approximate surface area is 175 Å². The molecule has 1 N–H and O–H groups in total. The van der Waals surface area contributed by atoms with Crippen LogP contribution in [0.15, 0.2) is 52.3 Å². The Kier molecular flexibility index (Phi) is 7.67. The van der Waals surface area contributed by atoms with Crippen molar-refractivity contribution in [1.29, 1.82) is 0 Å². The highest BCUT2D eigenvalue weighted by Gasteiger charge is 2.24. The summed E-state index contributed by atoms with van der Waals surface area (Å²) in [6.07, 6.45) is 0. The van der Waals surface area contributed by atoms with Gasteiger partial charge in [-0.2, -0.15) is 8.78 Å². The van der Waals surface area contributed by atoms with E-state index in [1.54, 1.807) is 19.2 Å². The van der Waals surface area contributed by atoms with Crippen molar-refractivity contribution in [1.82, 2.24) is 0 Å². The third-order valence-electron chi connectivity index (χ3n) is 4.76. The molecule has 3 rings (SSSR count). The first kappa shape index (κ1) is 23.2. The SMILES string of the molecule is COc1ccc(S(=O)(=O)c2cccc(OC(F)F)c2)cc1N1CC[NH+](C)CC1.[Cl-]. The third-order valence-corrected chi connectivity index (χ3v) is 6.51. The second kappa shape index (κ2) is 9.60. The van der Waals surface area contributed by atoms with Gasteiger partial charge < -0.3 is 31.7 Å². The van der Waals surface area contributed by atoms with E-state index < -0.39 is 16.4 Å². The number of ether oxygens (including phenoxy) is 2. The number of benzene rings is 2. The summed E-state index contributed by atoms with van der Waals surface area (Å²) in [6, 6.07) is 9.78. The van der Waals surface area contributed by atoms with Crippen LogP contribution in [0.5, 0.6) is 11.5 Å². The number of hydrogen-bond acceptors (Lipinski definition) is 5. The topological polar surface area (TPSA) is 60.3 Å². The Balaban J connectivity index is 0.00000300. The van der Waals surface area contributed by atoms with E-state index in [9.17, 15) is 17.2 Å². The van der Waals surface area contributed by atoms with Crippen molar-refractivity contribution in [2.75, 3.05) is 45.2 Å². The number of anilines is 1. The summed E-state index contributed by atoms with van der Waals surface area (Å²) in [5.41, 5.74) is 0.705. The quantitative estimate of drug-likeness (QED) is 0.581. The Hall–Kier alpha value is -2.10. The van der Waals surface area contributed by atoms with E-state index in [0.717, 1.165) is 32.2 Å². The molecular formula is C19H23ClF2N2O4S. The molecule has 1 aliphatic rings. The van der Waals surface area contributed by atoms with Crippen LogP contribution in [0.3, 0.4) is 0 Å². The van der Waals surface area contributed by atoms with E-state index in [-0.39, 0.29) is 27.9 Å². The second-order valence-corrected chi connectivity index (χ2v) is 8.58. The number of alkyl halides is 2. The zero-order valence-corrected chi connectivity index (χ0v) is 17.6. The molecule has 0 atom stereocenters. The molecule has 1 aliphatic heterocycles. The predicted octanol–water partition coefficient (Wildman–Crippen LogP) is -1.53. The fourth-order valence-corrected chi connectivity index (χ4v) is 4.48. The van der Waals surface area contributed by atoms with Crippen LogP contribution in [0.2, 0.25) is 0 Å². The van der Waals surface area contributed by atoms with Gasteiger partial charge in [0.25, 0.3) is 0 Å². The van der Waals surface area contributed by atoms with Gasteiger partial charge in [0.1, 0.15) is 11.5 Å². The molecule has 10 heteroatoms. The first-order chi connectivity index (χ1) is 13.3. The minimum absolute atomic E-state index is 0. The second-order valence-electron chi connectivity index (χ2n) is 6.63. The van der Waals surface area contributed by atoms with Gasteiger partial charge in [0, 0.05) is 0 Å². The normalized spacial score (nSPS) is 15.1. The molecule has 160 valence electrons. The van der Waals surface area contributed by atoms with E-state index >= 15 is 0 Å². The molecule has 0 bridgehead atoms. The summed E-state index contributed by atoms with van der Waals surface area (Å²) in [7, 11) is -0.250. The van der Waals surface area contributed by atoms with Gasteiger partial charge in [-0.05, 0) is 36.4 Å². The zero-order valence-electron chi connectivity index (χ0n) is 16.1. The van der Waals surface area contributed by atoms with Crippen molar-refractivity contribution in [3.8, 4) is 11.5 Å². The van der Waals surface area contributed by atoms with E-state index in [2.05, 4.69) is 16.7 Å². The average Bonchev–Trinajstić information content (AvgIpc) is 2.68. The van der Waals surface area contributed by atoms with Gasteiger partial charge in [-0.15, -0.1) is 0 Å². The molecule has 0 unspecified atom stereocenters. The molecule has 2 aromatic rings. The van der Waals surface area contributed by atoms with E-state index in [4.69, 9.17) is 4.74 Å². The predicted molar refractivity (Wildman–Crippen MR) is 100 cm³/mol. The first-order valence-corrected chi connectivity index (χ1v) is 10.3. The molecule has 0 radical (unpaired) electrons. The van der Waals surface area contributed by atoms with Gasteiger partial charge in [0.05, 0.1) is 55.8 Å². The fraction of sp³-hybridized carbons (Fsp3) is 0.368. The van der Waals surface area contributed by atoms with Gasteiger partial charge in [-0.3, -0.25) is 0 Å². The highest BCUT2D eigenvalue weighted by Crippen LogP contribution is 2.33. The van der Waals surface area contributed by atoms with Crippen LogP contribution in [-0.2, 0) is 9.84 Å². The average molecular weight is 449 g/mol. The van der Waals surface area contributed by atoms with Gasteiger partial charge >= 0.3 is 6.61 Å². The molecule has 6 nitrogen and oxygen atoms in total. The lowest BCUT2D eigenvalue weighted by molar-refractivity contribution is -0.880. The number of methoxy groups -OCH3 is 1. The van der Waals surface area contributed by atoms with Crippen molar-refractivity contribution in [3.63, 3.8) is 0 Å². The van der Waals surface area contributed by atoms with E-state index in [0.29, 0.717) is 11.4 Å². The highest BCUT2D eigenvalue weighted by molar-refractivity contribution is 7.91. The van der Waals surface area contributed by atoms with Crippen LogP contribution in [0.25, 0.3) is 0 Å². The highest BCUT2D eigenvalue weighted by atomic mass is 35.5. The fourth-order valence-electron chi connectivity index (χ4n) is 3.17. The minimum Gasteiger partial charge on any atom is -1.00 e. The summed E-state index contributed by atoms with van der Waals surface area (Å²) in [4.78, 5) is 3.48. The van der Waals surface area contributed by atoms with Crippen molar-refractivity contribution in [3.05, 3.63) is 42.5 Å². The summed E-state index contributed by atoms with van der Waals surface area (Å²) in [6.45, 7) is 0.414. The summed E-state index contributed by atoms with van der Waals surface area (Å²) in [5, 5.41) is 0. The number of nitrogens with one attached hydrogen (secondary N) is 1. The van der Waals surface area contributed by atoms with Crippen molar-refractivity contribution >= 4 is 15.5 Å². The van der Waals surface area contributed by atoms with Crippen LogP contribution >= 0.6 is 0 Å². The number of hydrogen-bond donors (Lipinski definition) is 1. The Bertz CT molecular complexity index is 936. The molecule has 0 amide bonds. The first-order valence-electron chi connectivity index (χ1n) is 8.85. The lowest BCUT2D eigenvalue weighted by Gasteiger charge is -2.32. The van der Waals surface area contributed by atoms with Crippen LogP contribution < -0.4 is 31.7 Å². The lowest BCUT2D eigenvalue weighted by atomic mass is 10.2. The van der Waals surface area contributed by atoms with Crippen molar-refractivity contribution in [2.24, 2.45) is 0 Å². The number of quaternary nitrogens is 1. The number of halogens is 3. The van der Waals surface area contributed by atoms with E-state index in [1.165, 1.54) is 29.2 Å². The Morgan fingerprint density at radius 3 is 2.34 bits per heavy atom. The molecule has 1 heterocycles. The van der Waals surface area contributed by atoms with Gasteiger partial charge in [0.15, 0.2) is 0 Å². The van der Waals surface area contributed by atoms with Crippen LogP contribution in [0.1, 0.15) is 0 Å². The van der Waals surface area contributed by atoms with Gasteiger partial charge in [0.2, 0.25) is 9.84 Å². The smallest absolute Gasteiger partial charge is 0.387 e. The monoisotopic (exact) mass is 448 g/mol. The summed E-state index contributed by atoms with van der Waals surface area (Å²) < 4.78 is 60.7. The molecular weight excluding hydrogens is 426 g/mol. The van der Waals surface area contributed by atoms with Crippen molar-refractivity contribution in [2.45, 2.75) is 16.4 Å². The van der Waals surface area contributed by atoms with Gasteiger partial charge in [-0.1, -0.05) is 6.07 Å². The van der Waals surface area contributed by atoms with Crippen LogP contribution in [-0.4, -0.2) is 55.4 Å². The van der Waals surface area contributed by atoms with Crippen LogP contribution in [0, 0.1) is 0 Å².